The van der Waals surface area contributed by atoms with Gasteiger partial charge in [0.1, 0.15) is 5.75 Å². The predicted molar refractivity (Wildman–Crippen MR) is 89.8 cm³/mol. The van der Waals surface area contributed by atoms with Gasteiger partial charge in [0.15, 0.2) is 5.92 Å². The van der Waals surface area contributed by atoms with Crippen molar-refractivity contribution in [3.05, 3.63) is 24.3 Å². The minimum atomic E-state index is -1.15. The van der Waals surface area contributed by atoms with Crippen molar-refractivity contribution in [3.63, 3.8) is 0 Å². The van der Waals surface area contributed by atoms with Gasteiger partial charge in [-0.2, -0.15) is 0 Å². The number of ether oxygens (including phenoxy) is 2. The van der Waals surface area contributed by atoms with Crippen molar-refractivity contribution in [3.8, 4) is 5.75 Å². The molecule has 8 heteroatoms. The number of hydrogen-bond acceptors (Lipinski definition) is 6. The number of benzene rings is 1. The maximum absolute atomic E-state index is 12.7. The van der Waals surface area contributed by atoms with Crippen molar-refractivity contribution < 1.29 is 23.9 Å². The molecule has 0 aromatic heterocycles. The first-order chi connectivity index (χ1) is 12.1. The summed E-state index contributed by atoms with van der Waals surface area (Å²) in [6.45, 7) is 1.10. The lowest BCUT2D eigenvalue weighted by atomic mass is 10.1. The summed E-state index contributed by atoms with van der Waals surface area (Å²) in [6.07, 6.45) is 3.21. The van der Waals surface area contributed by atoms with Crippen LogP contribution in [0.15, 0.2) is 29.3 Å². The summed E-state index contributed by atoms with van der Waals surface area (Å²) >= 11 is 0. The highest BCUT2D eigenvalue weighted by Crippen LogP contribution is 2.24. The van der Waals surface area contributed by atoms with E-state index in [4.69, 9.17) is 9.47 Å². The lowest BCUT2D eigenvalue weighted by Crippen LogP contribution is -2.58. The topological polar surface area (TPSA) is 97.3 Å². The standard InChI is InChI=1S/C17H19N3O5/c1-24-12-5-2-4-11(8-12)20-16(22)14(15(21)19-17(20)23)10-18-9-13-6-3-7-25-13/h2,4-5,8,10,13-14H,3,6-7,9H2,1H3,(H,19,21,23)/t13-,14+/m1/s1. The fourth-order valence-corrected chi connectivity index (χ4v) is 2.79. The number of nitrogens with one attached hydrogen (secondary N) is 1. The molecule has 2 heterocycles. The van der Waals surface area contributed by atoms with Crippen molar-refractivity contribution in [2.24, 2.45) is 10.9 Å². The molecule has 0 spiro atoms. The van der Waals surface area contributed by atoms with E-state index >= 15 is 0 Å². The Kier molecular flexibility index (Phi) is 5.08. The summed E-state index contributed by atoms with van der Waals surface area (Å²) in [4.78, 5) is 41.9. The molecule has 0 bridgehead atoms. The number of imide groups is 2. The average Bonchev–Trinajstić information content (AvgIpc) is 3.11. The van der Waals surface area contributed by atoms with E-state index in [0.29, 0.717) is 24.6 Å². The van der Waals surface area contributed by atoms with Gasteiger partial charge in [0.25, 0.3) is 5.91 Å². The van der Waals surface area contributed by atoms with Gasteiger partial charge in [-0.05, 0) is 25.0 Å². The third-order valence-corrected chi connectivity index (χ3v) is 4.10. The smallest absolute Gasteiger partial charge is 0.335 e. The zero-order valence-electron chi connectivity index (χ0n) is 13.8. The molecule has 2 saturated heterocycles. The molecule has 0 unspecified atom stereocenters. The minimum absolute atomic E-state index is 0.0223. The van der Waals surface area contributed by atoms with Gasteiger partial charge in [0.2, 0.25) is 5.91 Å². The van der Waals surface area contributed by atoms with E-state index in [1.165, 1.54) is 13.3 Å². The van der Waals surface area contributed by atoms with Crippen LogP contribution in [-0.2, 0) is 14.3 Å². The van der Waals surface area contributed by atoms with E-state index in [2.05, 4.69) is 10.3 Å². The second-order valence-electron chi connectivity index (χ2n) is 5.80. The first-order valence-corrected chi connectivity index (χ1v) is 8.04. The highest BCUT2D eigenvalue weighted by atomic mass is 16.5. The number of nitrogens with zero attached hydrogens (tertiary/aromatic N) is 2. The monoisotopic (exact) mass is 345 g/mol. The quantitative estimate of drug-likeness (QED) is 0.638. The molecule has 0 saturated carbocycles. The number of hydrogen-bond donors (Lipinski definition) is 1. The van der Waals surface area contributed by atoms with Gasteiger partial charge >= 0.3 is 6.03 Å². The normalized spacial score (nSPS) is 24.0. The third kappa shape index (κ3) is 3.69. The second-order valence-corrected chi connectivity index (χ2v) is 5.80. The van der Waals surface area contributed by atoms with Crippen molar-refractivity contribution in [1.29, 1.82) is 0 Å². The highest BCUT2D eigenvalue weighted by molar-refractivity contribution is 6.32. The maximum atomic E-state index is 12.7. The van der Waals surface area contributed by atoms with Crippen LogP contribution in [0, 0.1) is 5.92 Å². The number of carbonyl (C=O) groups excluding carboxylic acids is 3. The molecule has 1 aromatic rings. The molecule has 132 valence electrons. The van der Waals surface area contributed by atoms with Gasteiger partial charge in [-0.3, -0.25) is 19.9 Å². The number of amides is 4. The van der Waals surface area contributed by atoms with Crippen molar-refractivity contribution in [2.45, 2.75) is 18.9 Å². The van der Waals surface area contributed by atoms with Gasteiger partial charge in [0, 0.05) is 18.9 Å². The van der Waals surface area contributed by atoms with Gasteiger partial charge in [0.05, 0.1) is 25.4 Å². The number of methoxy groups -OCH3 is 1. The largest absolute Gasteiger partial charge is 0.497 e. The molecular formula is C17H19N3O5. The Morgan fingerprint density at radius 2 is 2.24 bits per heavy atom. The second kappa shape index (κ2) is 7.43. The first kappa shape index (κ1) is 17.1. The zero-order chi connectivity index (χ0) is 17.8. The van der Waals surface area contributed by atoms with Crippen LogP contribution in [0.5, 0.6) is 5.75 Å². The fourth-order valence-electron chi connectivity index (χ4n) is 2.79. The summed E-state index contributed by atoms with van der Waals surface area (Å²) < 4.78 is 10.6. The highest BCUT2D eigenvalue weighted by Gasteiger charge is 2.40. The lowest BCUT2D eigenvalue weighted by molar-refractivity contribution is -0.131. The first-order valence-electron chi connectivity index (χ1n) is 8.04. The molecule has 0 radical (unpaired) electrons. The van der Waals surface area contributed by atoms with E-state index in [1.54, 1.807) is 24.3 Å². The Bertz CT molecular complexity index is 712. The Labute approximate surface area is 144 Å². The van der Waals surface area contributed by atoms with Crippen LogP contribution >= 0.6 is 0 Å². The van der Waals surface area contributed by atoms with Gasteiger partial charge in [-0.1, -0.05) is 6.07 Å². The fraction of sp³-hybridized carbons (Fsp3) is 0.412. The maximum Gasteiger partial charge on any atom is 0.335 e. The molecule has 25 heavy (non-hydrogen) atoms. The van der Waals surface area contributed by atoms with Crippen LogP contribution in [0.25, 0.3) is 0 Å². The Balaban J connectivity index is 1.77. The van der Waals surface area contributed by atoms with Gasteiger partial charge < -0.3 is 9.47 Å². The number of carbonyl (C=O) groups is 3. The van der Waals surface area contributed by atoms with Crippen molar-refractivity contribution >= 4 is 29.7 Å². The molecule has 1 N–H and O–H groups in total. The summed E-state index contributed by atoms with van der Waals surface area (Å²) in [5.74, 6) is -1.97. The summed E-state index contributed by atoms with van der Waals surface area (Å²) in [7, 11) is 1.49. The molecular weight excluding hydrogens is 326 g/mol. The van der Waals surface area contributed by atoms with Crippen LogP contribution in [0.3, 0.4) is 0 Å². The number of anilines is 1. The van der Waals surface area contributed by atoms with Crippen LogP contribution in [-0.4, -0.2) is 50.4 Å². The molecule has 0 aliphatic carbocycles. The van der Waals surface area contributed by atoms with E-state index in [1.807, 2.05) is 0 Å². The van der Waals surface area contributed by atoms with Gasteiger partial charge in [-0.15, -0.1) is 0 Å². The SMILES string of the molecule is COc1cccc(N2C(=O)NC(=O)[C@H](C=NC[C@H]3CCCO3)C2=O)c1. The number of barbiturate groups is 1. The lowest BCUT2D eigenvalue weighted by Gasteiger charge is -2.28. The van der Waals surface area contributed by atoms with E-state index < -0.39 is 23.8 Å². The van der Waals surface area contributed by atoms with Gasteiger partial charge in [-0.25, -0.2) is 9.69 Å². The summed E-state index contributed by atoms with van der Waals surface area (Å²) in [6, 6.07) is 5.71. The van der Waals surface area contributed by atoms with Crippen molar-refractivity contribution in [1.82, 2.24) is 5.32 Å². The third-order valence-electron chi connectivity index (χ3n) is 4.10. The summed E-state index contributed by atoms with van der Waals surface area (Å²) in [5, 5.41) is 2.19. The Morgan fingerprint density at radius 1 is 1.40 bits per heavy atom. The van der Waals surface area contributed by atoms with Crippen LogP contribution in [0.2, 0.25) is 0 Å². The molecule has 2 atom stereocenters. The molecule has 1 aromatic carbocycles. The molecule has 2 aliphatic rings. The zero-order valence-corrected chi connectivity index (χ0v) is 13.8. The van der Waals surface area contributed by atoms with E-state index in [-0.39, 0.29) is 6.10 Å². The average molecular weight is 345 g/mol. The number of aliphatic imine (C=N–C) groups is 1. The Morgan fingerprint density at radius 3 is 2.96 bits per heavy atom. The van der Waals surface area contributed by atoms with E-state index in [0.717, 1.165) is 17.7 Å². The molecule has 2 aliphatic heterocycles. The number of rotatable bonds is 5. The summed E-state index contributed by atoms with van der Waals surface area (Å²) in [5.41, 5.74) is 0.326. The van der Waals surface area contributed by atoms with Crippen LogP contribution < -0.4 is 15.0 Å². The van der Waals surface area contributed by atoms with Crippen molar-refractivity contribution in [2.75, 3.05) is 25.2 Å². The minimum Gasteiger partial charge on any atom is -0.497 e. The molecule has 8 nitrogen and oxygen atoms in total. The number of urea groups is 1. The molecule has 2 fully saturated rings. The van der Waals surface area contributed by atoms with E-state index in [9.17, 15) is 14.4 Å². The van der Waals surface area contributed by atoms with Crippen LogP contribution in [0.4, 0.5) is 10.5 Å². The van der Waals surface area contributed by atoms with Crippen LogP contribution in [0.1, 0.15) is 12.8 Å². The Hall–Kier alpha value is -2.74. The molecule has 4 amide bonds. The predicted octanol–water partition coefficient (Wildman–Crippen LogP) is 1.14. The molecule has 3 rings (SSSR count).